The first-order valence-corrected chi connectivity index (χ1v) is 6.04. The van der Waals surface area contributed by atoms with Gasteiger partial charge in [-0.1, -0.05) is 12.1 Å². The van der Waals surface area contributed by atoms with Gasteiger partial charge in [0, 0.05) is 13.6 Å². The van der Waals surface area contributed by atoms with Gasteiger partial charge in [-0.2, -0.15) is 5.26 Å². The maximum Gasteiger partial charge on any atom is 0.101 e. The van der Waals surface area contributed by atoms with Crippen molar-refractivity contribution in [2.24, 2.45) is 0 Å². The molecule has 0 radical (unpaired) electrons. The van der Waals surface area contributed by atoms with Crippen molar-refractivity contribution in [1.82, 2.24) is 0 Å². The zero-order chi connectivity index (χ0) is 13.5. The number of hydrogen-bond acceptors (Lipinski definition) is 4. The fourth-order valence-corrected chi connectivity index (χ4v) is 1.67. The topological polar surface area (TPSA) is 56.5 Å². The van der Waals surface area contributed by atoms with Crippen LogP contribution >= 0.6 is 0 Å². The molecule has 0 aromatic heterocycles. The maximum atomic E-state index is 9.84. The number of hydrogen-bond donors (Lipinski definition) is 1. The summed E-state index contributed by atoms with van der Waals surface area (Å²) in [6.45, 7) is 4.60. The third kappa shape index (κ3) is 4.36. The molecule has 4 nitrogen and oxygen atoms in total. The van der Waals surface area contributed by atoms with E-state index in [0.29, 0.717) is 18.7 Å². The smallest absolute Gasteiger partial charge is 0.101 e. The van der Waals surface area contributed by atoms with E-state index in [-0.39, 0.29) is 6.10 Å². The van der Waals surface area contributed by atoms with Gasteiger partial charge in [0.2, 0.25) is 0 Å². The summed E-state index contributed by atoms with van der Waals surface area (Å²) >= 11 is 0. The molecule has 0 fully saturated rings. The highest BCUT2D eigenvalue weighted by Gasteiger charge is 2.12. The van der Waals surface area contributed by atoms with Crippen molar-refractivity contribution in [3.8, 4) is 6.07 Å². The molecule has 1 N–H and O–H groups in total. The highest BCUT2D eigenvalue weighted by Crippen LogP contribution is 2.18. The summed E-state index contributed by atoms with van der Waals surface area (Å²) in [6.07, 6.45) is -0.458. The SMILES string of the molecule is CC(C)OCC(O)CN(C)c1ccccc1C#N. The van der Waals surface area contributed by atoms with Crippen molar-refractivity contribution in [2.75, 3.05) is 25.1 Å². The Kier molecular flexibility index (Phi) is 5.63. The number of para-hydroxylation sites is 1. The molecular weight excluding hydrogens is 228 g/mol. The number of aliphatic hydroxyl groups is 1. The number of anilines is 1. The van der Waals surface area contributed by atoms with Crippen molar-refractivity contribution < 1.29 is 9.84 Å². The van der Waals surface area contributed by atoms with Gasteiger partial charge in [0.1, 0.15) is 6.07 Å². The highest BCUT2D eigenvalue weighted by atomic mass is 16.5. The number of nitrogens with zero attached hydrogens (tertiary/aromatic N) is 2. The standard InChI is InChI=1S/C14H20N2O2/c1-11(2)18-10-13(17)9-16(3)14-7-5-4-6-12(14)8-15/h4-7,11,13,17H,9-10H2,1-3H3. The second kappa shape index (κ2) is 7.00. The van der Waals surface area contributed by atoms with Gasteiger partial charge >= 0.3 is 0 Å². The molecule has 4 heteroatoms. The van der Waals surface area contributed by atoms with Gasteiger partial charge in [-0.05, 0) is 26.0 Å². The summed E-state index contributed by atoms with van der Waals surface area (Å²) in [5.74, 6) is 0. The molecular formula is C14H20N2O2. The molecule has 0 heterocycles. The molecule has 18 heavy (non-hydrogen) atoms. The summed E-state index contributed by atoms with van der Waals surface area (Å²) in [6, 6.07) is 9.49. The van der Waals surface area contributed by atoms with E-state index in [4.69, 9.17) is 10.00 Å². The molecule has 0 bridgehead atoms. The highest BCUT2D eigenvalue weighted by molar-refractivity contribution is 5.58. The third-order valence-corrected chi connectivity index (χ3v) is 2.54. The van der Waals surface area contributed by atoms with Gasteiger partial charge in [-0.3, -0.25) is 0 Å². The molecule has 0 aliphatic carbocycles. The normalized spacial score (nSPS) is 12.2. The monoisotopic (exact) mass is 248 g/mol. The number of aliphatic hydroxyl groups excluding tert-OH is 1. The molecule has 0 aliphatic rings. The Labute approximate surface area is 108 Å². The van der Waals surface area contributed by atoms with E-state index in [0.717, 1.165) is 5.69 Å². The average molecular weight is 248 g/mol. The Hall–Kier alpha value is -1.57. The lowest BCUT2D eigenvalue weighted by molar-refractivity contribution is 0.00926. The summed E-state index contributed by atoms with van der Waals surface area (Å²) in [5.41, 5.74) is 1.43. The first kappa shape index (κ1) is 14.5. The minimum Gasteiger partial charge on any atom is -0.389 e. The van der Waals surface area contributed by atoms with Crippen molar-refractivity contribution in [2.45, 2.75) is 26.1 Å². The lowest BCUT2D eigenvalue weighted by atomic mass is 10.1. The number of rotatable bonds is 6. The van der Waals surface area contributed by atoms with Crippen molar-refractivity contribution >= 4 is 5.69 Å². The van der Waals surface area contributed by atoms with E-state index in [9.17, 15) is 5.11 Å². The van der Waals surface area contributed by atoms with Gasteiger partial charge < -0.3 is 14.7 Å². The van der Waals surface area contributed by atoms with Gasteiger partial charge in [0.25, 0.3) is 0 Å². The quantitative estimate of drug-likeness (QED) is 0.833. The minimum atomic E-state index is -0.566. The Morgan fingerprint density at radius 3 is 2.67 bits per heavy atom. The third-order valence-electron chi connectivity index (χ3n) is 2.54. The van der Waals surface area contributed by atoms with Crippen LogP contribution in [0, 0.1) is 11.3 Å². The van der Waals surface area contributed by atoms with E-state index >= 15 is 0 Å². The van der Waals surface area contributed by atoms with Crippen LogP contribution in [0.1, 0.15) is 19.4 Å². The van der Waals surface area contributed by atoms with E-state index < -0.39 is 6.10 Å². The molecule has 1 unspecified atom stereocenters. The van der Waals surface area contributed by atoms with Gasteiger partial charge in [0.15, 0.2) is 0 Å². The minimum absolute atomic E-state index is 0.108. The van der Waals surface area contributed by atoms with Crippen LogP contribution in [0.5, 0.6) is 0 Å². The predicted molar refractivity (Wildman–Crippen MR) is 71.5 cm³/mol. The van der Waals surface area contributed by atoms with Crippen molar-refractivity contribution in [3.05, 3.63) is 29.8 Å². The van der Waals surface area contributed by atoms with Crippen LogP contribution in [-0.2, 0) is 4.74 Å². The summed E-state index contributed by atoms with van der Waals surface area (Å²) in [5, 5.41) is 18.9. The number of ether oxygens (including phenoxy) is 1. The van der Waals surface area contributed by atoms with Crippen LogP contribution in [0.15, 0.2) is 24.3 Å². The summed E-state index contributed by atoms with van der Waals surface area (Å²) < 4.78 is 5.36. The second-order valence-corrected chi connectivity index (χ2v) is 4.55. The predicted octanol–water partition coefficient (Wildman–Crippen LogP) is 1.78. The average Bonchev–Trinajstić information content (AvgIpc) is 2.36. The van der Waals surface area contributed by atoms with Crippen LogP contribution in [0.3, 0.4) is 0 Å². The first-order valence-electron chi connectivity index (χ1n) is 6.04. The maximum absolute atomic E-state index is 9.84. The largest absolute Gasteiger partial charge is 0.389 e. The Morgan fingerprint density at radius 2 is 2.06 bits per heavy atom. The van der Waals surface area contributed by atoms with Gasteiger partial charge in [-0.25, -0.2) is 0 Å². The molecule has 0 aliphatic heterocycles. The molecule has 0 spiro atoms. The first-order chi connectivity index (χ1) is 8.54. The van der Waals surface area contributed by atoms with Gasteiger partial charge in [-0.15, -0.1) is 0 Å². The number of nitriles is 1. The van der Waals surface area contributed by atoms with Crippen molar-refractivity contribution in [1.29, 1.82) is 5.26 Å². The molecule has 1 rings (SSSR count). The molecule has 0 amide bonds. The summed E-state index contributed by atoms with van der Waals surface area (Å²) in [4.78, 5) is 1.87. The van der Waals surface area contributed by atoms with Crippen LogP contribution in [0.4, 0.5) is 5.69 Å². The van der Waals surface area contributed by atoms with E-state index in [1.54, 1.807) is 6.07 Å². The Balaban J connectivity index is 2.59. The van der Waals surface area contributed by atoms with Gasteiger partial charge in [0.05, 0.1) is 30.1 Å². The molecule has 0 saturated heterocycles. The zero-order valence-electron chi connectivity index (χ0n) is 11.1. The van der Waals surface area contributed by atoms with E-state index in [1.807, 2.05) is 44.0 Å². The lowest BCUT2D eigenvalue weighted by Gasteiger charge is -2.24. The fourth-order valence-electron chi connectivity index (χ4n) is 1.67. The molecule has 0 saturated carbocycles. The lowest BCUT2D eigenvalue weighted by Crippen LogP contribution is -2.33. The van der Waals surface area contributed by atoms with Crippen LogP contribution in [-0.4, -0.2) is 37.5 Å². The molecule has 1 atom stereocenters. The van der Waals surface area contributed by atoms with Crippen LogP contribution < -0.4 is 4.90 Å². The number of likely N-dealkylation sites (N-methyl/N-ethyl adjacent to an activating group) is 1. The fraction of sp³-hybridized carbons (Fsp3) is 0.500. The van der Waals surface area contributed by atoms with Crippen molar-refractivity contribution in [3.63, 3.8) is 0 Å². The Morgan fingerprint density at radius 1 is 1.39 bits per heavy atom. The summed E-state index contributed by atoms with van der Waals surface area (Å²) in [7, 11) is 1.86. The molecule has 1 aromatic rings. The number of benzene rings is 1. The van der Waals surface area contributed by atoms with E-state index in [2.05, 4.69) is 6.07 Å². The second-order valence-electron chi connectivity index (χ2n) is 4.55. The molecule has 98 valence electrons. The zero-order valence-corrected chi connectivity index (χ0v) is 11.1. The van der Waals surface area contributed by atoms with Crippen LogP contribution in [0.25, 0.3) is 0 Å². The van der Waals surface area contributed by atoms with Crippen LogP contribution in [0.2, 0.25) is 0 Å². The Bertz CT molecular complexity index is 413. The molecule has 1 aromatic carbocycles. The van der Waals surface area contributed by atoms with E-state index in [1.165, 1.54) is 0 Å².